The highest BCUT2D eigenvalue weighted by atomic mass is 35.5. The van der Waals surface area contributed by atoms with Gasteiger partial charge >= 0.3 is 6.09 Å². The zero-order valence-electron chi connectivity index (χ0n) is 22.9. The lowest BCUT2D eigenvalue weighted by molar-refractivity contribution is -0.132. The van der Waals surface area contributed by atoms with Gasteiger partial charge in [0.15, 0.2) is 0 Å². The van der Waals surface area contributed by atoms with E-state index in [0.29, 0.717) is 71.8 Å². The number of carbonyl (C=O) groups excluding carboxylic acids is 2. The largest absolute Gasteiger partial charge is 0.437 e. The standard InChI is InChI=1S/C31H31Cl3FN3O3/c1-36(19-20-3-6-22(32)7-4-20)29(39)24(21-5-9-26(33)27(34)17-21)11-14-38-15-12-31(13-16-38)25-18-23(35)8-10-28(25)37(2)30(40)41-31/h3-10,17-18,24H,11-16,19H2,1-2H3/t24-/m1/s1. The van der Waals surface area contributed by atoms with E-state index >= 15 is 0 Å². The number of hydrogen-bond acceptors (Lipinski definition) is 4. The number of halogens is 4. The summed E-state index contributed by atoms with van der Waals surface area (Å²) >= 11 is 18.5. The van der Waals surface area contributed by atoms with Crippen LogP contribution in [0.1, 0.15) is 41.9 Å². The lowest BCUT2D eigenvalue weighted by atomic mass is 9.81. The predicted molar refractivity (Wildman–Crippen MR) is 160 cm³/mol. The molecule has 0 N–H and O–H groups in total. The number of amides is 2. The molecule has 0 radical (unpaired) electrons. The number of piperidine rings is 1. The maximum atomic E-state index is 14.2. The summed E-state index contributed by atoms with van der Waals surface area (Å²) in [5.41, 5.74) is 2.28. The molecule has 5 rings (SSSR count). The smallest absolute Gasteiger partial charge is 0.414 e. The molecule has 2 heterocycles. The summed E-state index contributed by atoms with van der Waals surface area (Å²) in [6.45, 7) is 2.35. The summed E-state index contributed by atoms with van der Waals surface area (Å²) in [5.74, 6) is -0.822. The molecular formula is C31H31Cl3FN3O3. The van der Waals surface area contributed by atoms with Gasteiger partial charge in [0.05, 0.1) is 21.7 Å². The van der Waals surface area contributed by atoms with Crippen LogP contribution in [0.4, 0.5) is 14.9 Å². The van der Waals surface area contributed by atoms with Crippen molar-refractivity contribution >= 4 is 52.5 Å². The van der Waals surface area contributed by atoms with Crippen LogP contribution in [0.5, 0.6) is 0 Å². The molecule has 0 bridgehead atoms. The van der Waals surface area contributed by atoms with Crippen LogP contribution in [0.15, 0.2) is 60.7 Å². The van der Waals surface area contributed by atoms with Crippen LogP contribution < -0.4 is 4.90 Å². The number of rotatable bonds is 7. The SMILES string of the molecule is CN(Cc1ccc(Cl)cc1)C(=O)[C@H](CCN1CCC2(CC1)OC(=O)N(C)c1ccc(F)cc12)c1ccc(Cl)c(Cl)c1. The number of anilines is 1. The molecule has 3 aromatic rings. The second-order valence-corrected chi connectivity index (χ2v) is 12.0. The van der Waals surface area contributed by atoms with Gasteiger partial charge in [-0.05, 0) is 66.6 Å². The number of hydrogen-bond donors (Lipinski definition) is 0. The zero-order chi connectivity index (χ0) is 29.3. The molecule has 216 valence electrons. The molecule has 0 saturated carbocycles. The molecule has 0 unspecified atom stereocenters. The normalized spacial score (nSPS) is 17.2. The Balaban J connectivity index is 1.30. The fraction of sp³-hybridized carbons (Fsp3) is 0.355. The van der Waals surface area contributed by atoms with Crippen LogP contribution in [-0.4, -0.2) is 55.5 Å². The Morgan fingerprint density at radius 1 is 1.02 bits per heavy atom. The van der Waals surface area contributed by atoms with Gasteiger partial charge in [-0.25, -0.2) is 9.18 Å². The molecule has 2 amide bonds. The Hall–Kier alpha value is -2.84. The van der Waals surface area contributed by atoms with E-state index < -0.39 is 17.6 Å². The van der Waals surface area contributed by atoms with Gasteiger partial charge in [0.1, 0.15) is 11.4 Å². The lowest BCUT2D eigenvalue weighted by Gasteiger charge is -2.46. The third-order valence-electron chi connectivity index (χ3n) is 8.12. The van der Waals surface area contributed by atoms with Gasteiger partial charge < -0.3 is 14.5 Å². The first-order valence-electron chi connectivity index (χ1n) is 13.5. The summed E-state index contributed by atoms with van der Waals surface area (Å²) in [7, 11) is 3.42. The maximum Gasteiger partial charge on any atom is 0.414 e. The number of likely N-dealkylation sites (tertiary alicyclic amines) is 1. The molecule has 2 aliphatic rings. The van der Waals surface area contributed by atoms with Gasteiger partial charge in [-0.15, -0.1) is 0 Å². The summed E-state index contributed by atoms with van der Waals surface area (Å²) in [6, 6.07) is 17.2. The van der Waals surface area contributed by atoms with Crippen molar-refractivity contribution in [3.63, 3.8) is 0 Å². The Morgan fingerprint density at radius 3 is 2.41 bits per heavy atom. The second-order valence-electron chi connectivity index (χ2n) is 10.8. The van der Waals surface area contributed by atoms with Crippen LogP contribution in [0.3, 0.4) is 0 Å². The van der Waals surface area contributed by atoms with Crippen LogP contribution in [0.2, 0.25) is 15.1 Å². The van der Waals surface area contributed by atoms with Crippen LogP contribution in [0.25, 0.3) is 0 Å². The van der Waals surface area contributed by atoms with E-state index in [9.17, 15) is 14.0 Å². The molecule has 41 heavy (non-hydrogen) atoms. The Morgan fingerprint density at radius 2 is 1.73 bits per heavy atom. The molecule has 3 aromatic carbocycles. The molecule has 0 aromatic heterocycles. The van der Waals surface area contributed by atoms with Crippen molar-refractivity contribution in [2.45, 2.75) is 37.3 Å². The van der Waals surface area contributed by atoms with Crippen molar-refractivity contribution in [1.29, 1.82) is 0 Å². The number of ether oxygens (including phenoxy) is 1. The van der Waals surface area contributed by atoms with E-state index in [1.165, 1.54) is 17.0 Å². The van der Waals surface area contributed by atoms with Crippen molar-refractivity contribution in [1.82, 2.24) is 9.80 Å². The Labute approximate surface area is 254 Å². The molecule has 1 fully saturated rings. The van der Waals surface area contributed by atoms with Gasteiger partial charge in [0.2, 0.25) is 5.91 Å². The topological polar surface area (TPSA) is 53.1 Å². The minimum atomic E-state index is -0.866. The van der Waals surface area contributed by atoms with E-state index in [-0.39, 0.29) is 11.7 Å². The van der Waals surface area contributed by atoms with E-state index in [1.54, 1.807) is 37.2 Å². The van der Waals surface area contributed by atoms with Crippen molar-refractivity contribution in [2.24, 2.45) is 0 Å². The van der Waals surface area contributed by atoms with Crippen LogP contribution in [-0.2, 0) is 21.7 Å². The average Bonchev–Trinajstić information content (AvgIpc) is 2.96. The molecule has 6 nitrogen and oxygen atoms in total. The first kappa shape index (κ1) is 29.6. The number of benzene rings is 3. The minimum absolute atomic E-state index is 0.0273. The van der Waals surface area contributed by atoms with Crippen LogP contribution >= 0.6 is 34.8 Å². The summed E-state index contributed by atoms with van der Waals surface area (Å²) in [5, 5.41) is 1.47. The van der Waals surface area contributed by atoms with E-state index in [0.717, 1.165) is 11.1 Å². The first-order chi connectivity index (χ1) is 19.6. The van der Waals surface area contributed by atoms with Gasteiger partial charge in [-0.1, -0.05) is 53.0 Å². The third-order valence-corrected chi connectivity index (χ3v) is 9.11. The van der Waals surface area contributed by atoms with Gasteiger partial charge in [0.25, 0.3) is 0 Å². The monoisotopic (exact) mass is 617 g/mol. The van der Waals surface area contributed by atoms with Crippen molar-refractivity contribution in [3.8, 4) is 0 Å². The molecule has 1 saturated heterocycles. The zero-order valence-corrected chi connectivity index (χ0v) is 25.1. The quantitative estimate of drug-likeness (QED) is 0.275. The molecule has 10 heteroatoms. The van der Waals surface area contributed by atoms with Crippen molar-refractivity contribution in [3.05, 3.63) is 98.2 Å². The fourth-order valence-corrected chi connectivity index (χ4v) is 6.18. The highest BCUT2D eigenvalue weighted by Gasteiger charge is 2.46. The molecule has 2 aliphatic heterocycles. The third kappa shape index (κ3) is 6.33. The second kappa shape index (κ2) is 12.2. The maximum absolute atomic E-state index is 14.2. The average molecular weight is 619 g/mol. The number of likely N-dealkylation sites (N-methyl/N-ethyl adjacent to an activating group) is 1. The summed E-state index contributed by atoms with van der Waals surface area (Å²) < 4.78 is 20.1. The number of nitrogens with zero attached hydrogens (tertiary/aromatic N) is 3. The highest BCUT2D eigenvalue weighted by molar-refractivity contribution is 6.42. The number of fused-ring (bicyclic) bond motifs is 2. The number of carbonyl (C=O) groups is 2. The molecular weight excluding hydrogens is 588 g/mol. The molecule has 1 atom stereocenters. The fourth-order valence-electron chi connectivity index (χ4n) is 5.74. The Kier molecular flexibility index (Phi) is 8.81. The van der Waals surface area contributed by atoms with E-state index in [4.69, 9.17) is 39.5 Å². The van der Waals surface area contributed by atoms with Crippen molar-refractivity contribution in [2.75, 3.05) is 38.6 Å². The summed E-state index contributed by atoms with van der Waals surface area (Å²) in [6.07, 6.45) is 1.18. The van der Waals surface area contributed by atoms with Gasteiger partial charge in [-0.3, -0.25) is 9.69 Å². The van der Waals surface area contributed by atoms with Crippen molar-refractivity contribution < 1.29 is 18.7 Å². The van der Waals surface area contributed by atoms with Gasteiger partial charge in [0, 0.05) is 57.2 Å². The van der Waals surface area contributed by atoms with Crippen LogP contribution in [0, 0.1) is 5.82 Å². The predicted octanol–water partition coefficient (Wildman–Crippen LogP) is 7.50. The first-order valence-corrected chi connectivity index (χ1v) is 14.6. The van der Waals surface area contributed by atoms with E-state index in [1.807, 2.05) is 30.3 Å². The summed E-state index contributed by atoms with van der Waals surface area (Å²) in [4.78, 5) is 31.8. The molecule has 1 spiro atoms. The molecule has 0 aliphatic carbocycles. The minimum Gasteiger partial charge on any atom is -0.437 e. The Bertz CT molecular complexity index is 1440. The van der Waals surface area contributed by atoms with E-state index in [2.05, 4.69) is 4.90 Å². The lowest BCUT2D eigenvalue weighted by Crippen LogP contribution is -2.51. The van der Waals surface area contributed by atoms with Gasteiger partial charge in [-0.2, -0.15) is 0 Å². The highest BCUT2D eigenvalue weighted by Crippen LogP contribution is 2.45.